The lowest BCUT2D eigenvalue weighted by molar-refractivity contribution is -0.153. The molecule has 1 aromatic carbocycles. The molecule has 0 saturated carbocycles. The predicted octanol–water partition coefficient (Wildman–Crippen LogP) is 2.09. The number of carbonyl (C=O) groups excluding carboxylic acids is 2. The molecule has 102 valence electrons. The molecule has 0 fully saturated rings. The van der Waals surface area contributed by atoms with Gasteiger partial charge in [0.2, 0.25) is 0 Å². The number of anilines is 1. The van der Waals surface area contributed by atoms with Crippen LogP contribution >= 0.6 is 0 Å². The van der Waals surface area contributed by atoms with E-state index in [1.165, 1.54) is 7.11 Å². The molecular weight excluding hydrogens is 248 g/mol. The second-order valence-electron chi connectivity index (χ2n) is 4.05. The van der Waals surface area contributed by atoms with Gasteiger partial charge in [0.25, 0.3) is 0 Å². The van der Waals surface area contributed by atoms with Gasteiger partial charge in [-0.15, -0.1) is 0 Å². The molecule has 1 aromatic rings. The van der Waals surface area contributed by atoms with E-state index >= 15 is 0 Å². The number of nitrogens with zero attached hydrogens (tertiary/aromatic N) is 1. The minimum absolute atomic E-state index is 0.0616. The molecule has 1 aliphatic heterocycles. The van der Waals surface area contributed by atoms with Crippen molar-refractivity contribution in [2.75, 3.05) is 19.0 Å². The fraction of sp³-hybridized carbons (Fsp3) is 0.385. The summed E-state index contributed by atoms with van der Waals surface area (Å²) in [6.07, 6.45) is 0.0616. The number of hydrogen-bond donors (Lipinski definition) is 1. The molecule has 0 aromatic heterocycles. The van der Waals surface area contributed by atoms with Gasteiger partial charge < -0.3 is 10.1 Å². The third kappa shape index (κ3) is 2.68. The summed E-state index contributed by atoms with van der Waals surface area (Å²) in [6.45, 7) is 2.06. The summed E-state index contributed by atoms with van der Waals surface area (Å²) in [5.74, 6) is -0.362. The number of carbonyl (C=O) groups is 2. The highest BCUT2D eigenvalue weighted by Crippen LogP contribution is 2.35. The Balaban J connectivity index is 2.30. The van der Waals surface area contributed by atoms with E-state index in [0.717, 1.165) is 10.6 Å². The topological polar surface area (TPSA) is 67.9 Å². The van der Waals surface area contributed by atoms with Gasteiger partial charge in [-0.3, -0.25) is 9.63 Å². The average Bonchev–Trinajstić information content (AvgIpc) is 2.39. The summed E-state index contributed by atoms with van der Waals surface area (Å²) >= 11 is 0. The maximum absolute atomic E-state index is 11.9. The van der Waals surface area contributed by atoms with E-state index in [2.05, 4.69) is 5.32 Å². The van der Waals surface area contributed by atoms with Crippen LogP contribution in [0.4, 0.5) is 10.5 Å². The van der Waals surface area contributed by atoms with Crippen LogP contribution in [0, 0.1) is 0 Å². The maximum Gasteiger partial charge on any atom is 0.346 e. The van der Waals surface area contributed by atoms with Crippen LogP contribution in [0.25, 0.3) is 0 Å². The van der Waals surface area contributed by atoms with Crippen molar-refractivity contribution < 1.29 is 19.2 Å². The zero-order valence-electron chi connectivity index (χ0n) is 10.9. The summed E-state index contributed by atoms with van der Waals surface area (Å²) in [5, 5.41) is 3.86. The van der Waals surface area contributed by atoms with E-state index in [1.807, 2.05) is 18.2 Å². The third-order valence-corrected chi connectivity index (χ3v) is 2.91. The Kier molecular flexibility index (Phi) is 4.01. The molecule has 1 aliphatic rings. The standard InChI is InChI=1S/C13H16N2O4/c1-3-19-12(16)8-11-9-6-4-5-7-10(9)14-13(17)15(11)18-2/h4-7,11H,3,8H2,1-2H3,(H,14,17). The van der Waals surface area contributed by atoms with Crippen LogP contribution in [-0.4, -0.2) is 30.8 Å². The highest BCUT2D eigenvalue weighted by molar-refractivity contribution is 5.93. The Morgan fingerprint density at radius 3 is 2.84 bits per heavy atom. The Hall–Kier alpha value is -2.08. The zero-order valence-corrected chi connectivity index (χ0v) is 10.9. The first-order valence-corrected chi connectivity index (χ1v) is 6.06. The SMILES string of the molecule is CCOC(=O)CC1c2ccccc2NC(=O)N1OC. The van der Waals surface area contributed by atoms with Crippen molar-refractivity contribution in [2.45, 2.75) is 19.4 Å². The number of urea groups is 1. The molecule has 1 heterocycles. The number of hydroxylamine groups is 2. The molecule has 1 N–H and O–H groups in total. The van der Waals surface area contributed by atoms with Crippen LogP contribution in [-0.2, 0) is 14.4 Å². The van der Waals surface area contributed by atoms with Crippen LogP contribution in [0.3, 0.4) is 0 Å². The number of esters is 1. The number of hydrogen-bond acceptors (Lipinski definition) is 4. The highest BCUT2D eigenvalue weighted by atomic mass is 16.7. The maximum atomic E-state index is 11.9. The molecule has 0 spiro atoms. The molecule has 19 heavy (non-hydrogen) atoms. The Bertz CT molecular complexity index is 489. The van der Waals surface area contributed by atoms with E-state index in [0.29, 0.717) is 12.3 Å². The molecule has 2 rings (SSSR count). The molecule has 0 bridgehead atoms. The average molecular weight is 264 g/mol. The molecule has 1 atom stereocenters. The normalized spacial score (nSPS) is 17.7. The van der Waals surface area contributed by atoms with Gasteiger partial charge in [0, 0.05) is 11.3 Å². The van der Waals surface area contributed by atoms with Crippen LogP contribution in [0.15, 0.2) is 24.3 Å². The highest BCUT2D eigenvalue weighted by Gasteiger charge is 2.34. The van der Waals surface area contributed by atoms with Crippen molar-refractivity contribution in [3.63, 3.8) is 0 Å². The molecule has 0 aliphatic carbocycles. The second-order valence-corrected chi connectivity index (χ2v) is 4.05. The molecular formula is C13H16N2O4. The molecule has 1 unspecified atom stereocenters. The van der Waals surface area contributed by atoms with E-state index < -0.39 is 12.1 Å². The van der Waals surface area contributed by atoms with Gasteiger partial charge in [0.1, 0.15) is 0 Å². The monoisotopic (exact) mass is 264 g/mol. The minimum atomic E-state index is -0.478. The Labute approximate surface area is 111 Å². The Morgan fingerprint density at radius 2 is 2.16 bits per heavy atom. The summed E-state index contributed by atoms with van der Waals surface area (Å²) in [6, 6.07) is 6.44. The van der Waals surface area contributed by atoms with Crippen molar-refractivity contribution in [3.05, 3.63) is 29.8 Å². The first-order chi connectivity index (χ1) is 9.17. The number of nitrogens with one attached hydrogen (secondary N) is 1. The summed E-state index contributed by atoms with van der Waals surface area (Å²) in [7, 11) is 1.39. The molecule has 2 amide bonds. The fourth-order valence-corrected chi connectivity index (χ4v) is 2.12. The number of para-hydroxylation sites is 1. The second kappa shape index (κ2) is 5.71. The van der Waals surface area contributed by atoms with Gasteiger partial charge in [-0.05, 0) is 13.0 Å². The number of amides is 2. The summed E-state index contributed by atoms with van der Waals surface area (Å²) in [5.41, 5.74) is 1.52. The van der Waals surface area contributed by atoms with Gasteiger partial charge in [0.15, 0.2) is 0 Å². The predicted molar refractivity (Wildman–Crippen MR) is 68.3 cm³/mol. The van der Waals surface area contributed by atoms with Gasteiger partial charge in [-0.2, -0.15) is 5.06 Å². The summed E-state index contributed by atoms with van der Waals surface area (Å²) < 4.78 is 4.93. The molecule has 0 saturated heterocycles. The van der Waals surface area contributed by atoms with Crippen molar-refractivity contribution in [1.29, 1.82) is 0 Å². The smallest absolute Gasteiger partial charge is 0.346 e. The summed E-state index contributed by atoms with van der Waals surface area (Å²) in [4.78, 5) is 28.6. The first-order valence-electron chi connectivity index (χ1n) is 6.06. The van der Waals surface area contributed by atoms with Crippen molar-refractivity contribution in [1.82, 2.24) is 5.06 Å². The first kappa shape index (κ1) is 13.4. The fourth-order valence-electron chi connectivity index (χ4n) is 2.12. The van der Waals surface area contributed by atoms with Crippen molar-refractivity contribution in [3.8, 4) is 0 Å². The van der Waals surface area contributed by atoms with Gasteiger partial charge in [-0.1, -0.05) is 18.2 Å². The van der Waals surface area contributed by atoms with Crippen molar-refractivity contribution >= 4 is 17.7 Å². The van der Waals surface area contributed by atoms with Crippen LogP contribution < -0.4 is 5.32 Å². The third-order valence-electron chi connectivity index (χ3n) is 2.91. The van der Waals surface area contributed by atoms with Crippen LogP contribution in [0.2, 0.25) is 0 Å². The van der Waals surface area contributed by atoms with Gasteiger partial charge in [0.05, 0.1) is 26.2 Å². The quantitative estimate of drug-likeness (QED) is 0.845. The van der Waals surface area contributed by atoms with E-state index in [4.69, 9.17) is 9.57 Å². The molecule has 0 radical (unpaired) electrons. The lowest BCUT2D eigenvalue weighted by Gasteiger charge is -2.34. The molecule has 6 heteroatoms. The van der Waals surface area contributed by atoms with Gasteiger partial charge in [-0.25, -0.2) is 4.79 Å². The number of ether oxygens (including phenoxy) is 1. The van der Waals surface area contributed by atoms with Crippen LogP contribution in [0.1, 0.15) is 24.9 Å². The number of fused-ring (bicyclic) bond motifs is 1. The minimum Gasteiger partial charge on any atom is -0.466 e. The number of rotatable bonds is 4. The molecule has 6 nitrogen and oxygen atoms in total. The van der Waals surface area contributed by atoms with Gasteiger partial charge >= 0.3 is 12.0 Å². The van der Waals surface area contributed by atoms with E-state index in [9.17, 15) is 9.59 Å². The Morgan fingerprint density at radius 1 is 1.42 bits per heavy atom. The number of benzene rings is 1. The van der Waals surface area contributed by atoms with Crippen LogP contribution in [0.5, 0.6) is 0 Å². The lowest BCUT2D eigenvalue weighted by Crippen LogP contribution is -2.42. The van der Waals surface area contributed by atoms with E-state index in [1.54, 1.807) is 13.0 Å². The zero-order chi connectivity index (χ0) is 13.8. The van der Waals surface area contributed by atoms with Crippen molar-refractivity contribution in [2.24, 2.45) is 0 Å². The lowest BCUT2D eigenvalue weighted by atomic mass is 9.99. The van der Waals surface area contributed by atoms with E-state index in [-0.39, 0.29) is 12.4 Å². The largest absolute Gasteiger partial charge is 0.466 e.